The Bertz CT molecular complexity index is 305. The Hall–Kier alpha value is 0.160. The predicted molar refractivity (Wildman–Crippen MR) is 67.8 cm³/mol. The largest absolute Gasteiger partial charge is 0.378 e. The summed E-state index contributed by atoms with van der Waals surface area (Å²) in [6.07, 6.45) is 5.22. The average Bonchev–Trinajstić information content (AvgIpc) is 2.24. The average molecular weight is 285 g/mol. The van der Waals surface area contributed by atoms with Gasteiger partial charge in [0.05, 0.1) is 31.7 Å². The molecule has 1 fully saturated rings. The Balaban J connectivity index is 2.00. The molecular formula is C11H21ClO4S. The van der Waals surface area contributed by atoms with E-state index in [4.69, 9.17) is 20.2 Å². The van der Waals surface area contributed by atoms with Crippen molar-refractivity contribution in [1.29, 1.82) is 0 Å². The van der Waals surface area contributed by atoms with Gasteiger partial charge in [-0.3, -0.25) is 0 Å². The van der Waals surface area contributed by atoms with Gasteiger partial charge in [0.1, 0.15) is 0 Å². The zero-order chi connectivity index (χ0) is 12.7. The second-order valence-corrected chi connectivity index (χ2v) is 7.42. The van der Waals surface area contributed by atoms with Gasteiger partial charge in [-0.25, -0.2) is 8.42 Å². The summed E-state index contributed by atoms with van der Waals surface area (Å²) in [5, 5.41) is 0. The van der Waals surface area contributed by atoms with E-state index in [1.165, 1.54) is 19.3 Å². The minimum absolute atomic E-state index is 0.134. The van der Waals surface area contributed by atoms with E-state index >= 15 is 0 Å². The Morgan fingerprint density at radius 2 is 1.88 bits per heavy atom. The van der Waals surface area contributed by atoms with E-state index in [0.717, 1.165) is 6.42 Å². The van der Waals surface area contributed by atoms with Gasteiger partial charge in [-0.2, -0.15) is 0 Å². The molecule has 1 rings (SSSR count). The van der Waals surface area contributed by atoms with Crippen molar-refractivity contribution < 1.29 is 17.9 Å². The minimum Gasteiger partial charge on any atom is -0.378 e. The quantitative estimate of drug-likeness (QED) is 0.531. The molecule has 0 bridgehead atoms. The van der Waals surface area contributed by atoms with Crippen molar-refractivity contribution in [3.63, 3.8) is 0 Å². The van der Waals surface area contributed by atoms with Crippen LogP contribution >= 0.6 is 10.7 Å². The first kappa shape index (κ1) is 15.2. The van der Waals surface area contributed by atoms with Crippen molar-refractivity contribution >= 4 is 19.7 Å². The van der Waals surface area contributed by atoms with Gasteiger partial charge in [0.25, 0.3) is 0 Å². The van der Waals surface area contributed by atoms with Crippen molar-refractivity contribution in [2.75, 3.05) is 25.6 Å². The monoisotopic (exact) mass is 284 g/mol. The molecule has 0 spiro atoms. The third kappa shape index (κ3) is 7.24. The molecule has 17 heavy (non-hydrogen) atoms. The minimum atomic E-state index is -3.43. The molecule has 0 aromatic carbocycles. The predicted octanol–water partition coefficient (Wildman–Crippen LogP) is 2.17. The van der Waals surface area contributed by atoms with Gasteiger partial charge in [-0.1, -0.05) is 19.8 Å². The molecule has 1 saturated carbocycles. The highest BCUT2D eigenvalue weighted by Gasteiger charge is 2.21. The molecule has 0 saturated heterocycles. The molecule has 0 aromatic heterocycles. The van der Waals surface area contributed by atoms with Crippen LogP contribution in [0.2, 0.25) is 0 Å². The summed E-state index contributed by atoms with van der Waals surface area (Å²) in [6, 6.07) is 0. The summed E-state index contributed by atoms with van der Waals surface area (Å²) in [4.78, 5) is 0. The molecule has 2 atom stereocenters. The van der Waals surface area contributed by atoms with Crippen LogP contribution in [0.25, 0.3) is 0 Å². The van der Waals surface area contributed by atoms with Crippen molar-refractivity contribution in [3.05, 3.63) is 0 Å². The van der Waals surface area contributed by atoms with Gasteiger partial charge in [-0.05, 0) is 18.8 Å². The maximum atomic E-state index is 10.6. The molecule has 6 heteroatoms. The van der Waals surface area contributed by atoms with Crippen LogP contribution < -0.4 is 0 Å². The third-order valence-electron chi connectivity index (χ3n) is 3.06. The molecular weight excluding hydrogens is 264 g/mol. The van der Waals surface area contributed by atoms with E-state index in [0.29, 0.717) is 25.2 Å². The van der Waals surface area contributed by atoms with Crippen LogP contribution in [-0.4, -0.2) is 40.1 Å². The van der Waals surface area contributed by atoms with Crippen LogP contribution in [0.5, 0.6) is 0 Å². The van der Waals surface area contributed by atoms with E-state index < -0.39 is 9.05 Å². The normalized spacial score (nSPS) is 26.0. The van der Waals surface area contributed by atoms with Crippen LogP contribution in [0.3, 0.4) is 0 Å². The zero-order valence-corrected chi connectivity index (χ0v) is 11.8. The van der Waals surface area contributed by atoms with Crippen LogP contribution in [0, 0.1) is 5.92 Å². The lowest BCUT2D eigenvalue weighted by Crippen LogP contribution is -2.27. The van der Waals surface area contributed by atoms with Crippen molar-refractivity contribution in [2.45, 2.75) is 38.7 Å². The highest BCUT2D eigenvalue weighted by atomic mass is 35.7. The van der Waals surface area contributed by atoms with Crippen molar-refractivity contribution in [2.24, 2.45) is 5.92 Å². The molecule has 0 aliphatic heterocycles. The number of rotatable bonds is 7. The fourth-order valence-electron chi connectivity index (χ4n) is 2.05. The first-order valence-electron chi connectivity index (χ1n) is 6.11. The molecule has 1 aliphatic carbocycles. The SMILES string of the molecule is CC1CCCCC1OCCOCCS(=O)(=O)Cl. The Morgan fingerprint density at radius 1 is 1.18 bits per heavy atom. The molecule has 0 amide bonds. The first-order chi connectivity index (χ1) is 7.99. The fraction of sp³-hybridized carbons (Fsp3) is 1.00. The van der Waals surface area contributed by atoms with Crippen molar-refractivity contribution in [3.8, 4) is 0 Å². The molecule has 0 heterocycles. The Labute approximate surface area is 108 Å². The van der Waals surface area contributed by atoms with E-state index in [1.54, 1.807) is 0 Å². The van der Waals surface area contributed by atoms with Crippen LogP contribution in [0.4, 0.5) is 0 Å². The highest BCUT2D eigenvalue weighted by molar-refractivity contribution is 8.13. The van der Waals surface area contributed by atoms with Crippen LogP contribution in [-0.2, 0) is 18.5 Å². The van der Waals surface area contributed by atoms with E-state index in [-0.39, 0.29) is 12.4 Å². The molecule has 2 unspecified atom stereocenters. The lowest BCUT2D eigenvalue weighted by molar-refractivity contribution is -0.0315. The van der Waals surface area contributed by atoms with Gasteiger partial charge in [-0.15, -0.1) is 0 Å². The van der Waals surface area contributed by atoms with Gasteiger partial charge in [0, 0.05) is 10.7 Å². The van der Waals surface area contributed by atoms with Gasteiger partial charge >= 0.3 is 0 Å². The molecule has 102 valence electrons. The van der Waals surface area contributed by atoms with E-state index in [1.807, 2.05) is 0 Å². The van der Waals surface area contributed by atoms with Crippen molar-refractivity contribution in [1.82, 2.24) is 0 Å². The molecule has 0 N–H and O–H groups in total. The second-order valence-electron chi connectivity index (χ2n) is 4.53. The number of hydrogen-bond donors (Lipinski definition) is 0. The maximum absolute atomic E-state index is 10.6. The maximum Gasteiger partial charge on any atom is 0.234 e. The Morgan fingerprint density at radius 3 is 2.53 bits per heavy atom. The third-order valence-corrected chi connectivity index (χ3v) is 4.18. The summed E-state index contributed by atoms with van der Waals surface area (Å²) in [5.74, 6) is 0.473. The molecule has 4 nitrogen and oxygen atoms in total. The smallest absolute Gasteiger partial charge is 0.234 e. The lowest BCUT2D eigenvalue weighted by Gasteiger charge is -2.28. The summed E-state index contributed by atoms with van der Waals surface area (Å²) in [6.45, 7) is 3.30. The second kappa shape index (κ2) is 7.56. The number of hydrogen-bond acceptors (Lipinski definition) is 4. The highest BCUT2D eigenvalue weighted by Crippen LogP contribution is 2.25. The summed E-state index contributed by atoms with van der Waals surface area (Å²) >= 11 is 0. The topological polar surface area (TPSA) is 52.6 Å². The zero-order valence-electron chi connectivity index (χ0n) is 10.2. The van der Waals surface area contributed by atoms with Gasteiger partial charge < -0.3 is 9.47 Å². The first-order valence-corrected chi connectivity index (χ1v) is 8.58. The summed E-state index contributed by atoms with van der Waals surface area (Å²) in [7, 11) is 1.61. The van der Waals surface area contributed by atoms with Gasteiger partial charge in [0.15, 0.2) is 0 Å². The molecule has 1 aliphatic rings. The fourth-order valence-corrected chi connectivity index (χ4v) is 2.55. The van der Waals surface area contributed by atoms with E-state index in [9.17, 15) is 8.42 Å². The summed E-state index contributed by atoms with van der Waals surface area (Å²) < 4.78 is 32.1. The standard InChI is InChI=1S/C11H21ClO4S/c1-10-4-2-3-5-11(10)16-7-6-15-8-9-17(12,13)14/h10-11H,2-9H2,1H3. The lowest BCUT2D eigenvalue weighted by atomic mass is 9.88. The van der Waals surface area contributed by atoms with Gasteiger partial charge in [0.2, 0.25) is 9.05 Å². The number of ether oxygens (including phenoxy) is 2. The molecule has 0 radical (unpaired) electrons. The number of halogens is 1. The van der Waals surface area contributed by atoms with Crippen LogP contribution in [0.15, 0.2) is 0 Å². The summed E-state index contributed by atoms with van der Waals surface area (Å²) in [5.41, 5.74) is 0. The van der Waals surface area contributed by atoms with E-state index in [2.05, 4.69) is 6.92 Å². The Kier molecular flexibility index (Phi) is 6.77. The van der Waals surface area contributed by atoms with Crippen LogP contribution in [0.1, 0.15) is 32.6 Å². The molecule has 0 aromatic rings.